The van der Waals surface area contributed by atoms with Gasteiger partial charge < -0.3 is 23.7 Å². The average molecular weight is 635 g/mol. The van der Waals surface area contributed by atoms with Gasteiger partial charge in [-0.3, -0.25) is 0 Å². The third-order valence-electron chi connectivity index (χ3n) is 8.02. The van der Waals surface area contributed by atoms with Crippen molar-refractivity contribution in [3.63, 3.8) is 0 Å². The zero-order valence-electron chi connectivity index (χ0n) is 27.2. The number of carbonyl (C=O) groups is 1. The largest absolute Gasteiger partial charge is 0.487 e. The molecule has 0 aliphatic carbocycles. The highest BCUT2D eigenvalue weighted by Gasteiger charge is 2.44. The SMILES string of the molecule is Cc1noc(C)c1-c1nc(-c2cc(OC([C@@H](CN(C)C(=O)O)O[Si](C)(C)C(C)(C)C)C(C)(C)C)ccc2F)nc(Cl)c1C. The van der Waals surface area contributed by atoms with E-state index in [1.54, 1.807) is 20.8 Å². The minimum absolute atomic E-state index is 0.0838. The number of aryl methyl sites for hydroxylation is 2. The van der Waals surface area contributed by atoms with E-state index >= 15 is 4.39 Å². The number of nitrogens with zero attached hydrogens (tertiary/aromatic N) is 4. The van der Waals surface area contributed by atoms with E-state index in [1.165, 1.54) is 30.1 Å². The van der Waals surface area contributed by atoms with E-state index in [0.29, 0.717) is 34.0 Å². The van der Waals surface area contributed by atoms with Crippen LogP contribution in [0.2, 0.25) is 23.3 Å². The number of halogens is 2. The predicted octanol–water partition coefficient (Wildman–Crippen LogP) is 8.31. The maximum absolute atomic E-state index is 15.4. The van der Waals surface area contributed by atoms with Gasteiger partial charge in [0.1, 0.15) is 34.7 Å². The van der Waals surface area contributed by atoms with E-state index in [0.717, 1.165) is 0 Å². The second-order valence-electron chi connectivity index (χ2n) is 13.6. The highest BCUT2D eigenvalue weighted by atomic mass is 35.5. The summed E-state index contributed by atoms with van der Waals surface area (Å²) in [4.78, 5) is 22.1. The fourth-order valence-electron chi connectivity index (χ4n) is 4.48. The Morgan fingerprint density at radius 1 is 1.14 bits per heavy atom. The van der Waals surface area contributed by atoms with Crippen LogP contribution in [-0.2, 0) is 4.43 Å². The first-order chi connectivity index (χ1) is 19.6. The number of hydrogen-bond acceptors (Lipinski definition) is 7. The quantitative estimate of drug-likeness (QED) is 0.185. The minimum atomic E-state index is -2.36. The van der Waals surface area contributed by atoms with Gasteiger partial charge in [-0.2, -0.15) is 0 Å². The van der Waals surface area contributed by atoms with Crippen LogP contribution >= 0.6 is 11.6 Å². The Hall–Kier alpha value is -3.02. The smallest absolute Gasteiger partial charge is 0.407 e. The molecule has 1 unspecified atom stereocenters. The van der Waals surface area contributed by atoms with Crippen molar-refractivity contribution in [1.82, 2.24) is 20.0 Å². The first kappa shape index (κ1) is 34.5. The maximum atomic E-state index is 15.4. The molecule has 0 aliphatic rings. The third-order valence-corrected chi connectivity index (χ3v) is 12.9. The number of benzene rings is 1. The molecule has 2 atom stereocenters. The molecule has 236 valence electrons. The number of ether oxygens (including phenoxy) is 1. The van der Waals surface area contributed by atoms with E-state index in [-0.39, 0.29) is 28.1 Å². The lowest BCUT2D eigenvalue weighted by atomic mass is 9.85. The minimum Gasteiger partial charge on any atom is -0.487 e. The molecule has 0 radical (unpaired) electrons. The molecule has 1 aromatic carbocycles. The number of hydrogen-bond donors (Lipinski definition) is 1. The molecule has 0 saturated carbocycles. The Morgan fingerprint density at radius 3 is 2.28 bits per heavy atom. The molecule has 0 fully saturated rings. The standard InChI is InChI=1S/C31H44ClFN4O5Si/c1-17-25(24-18(2)36-41-19(24)3)34-28(35-27(17)32)21-15-20(13-14-22(21)33)40-26(30(4,5)6)23(16-37(10)29(38)39)42-43(11,12)31(7,8)9/h13-15,23,26H,16H2,1-12H3,(H,38,39)/t23-,26?/m1/s1. The fourth-order valence-corrected chi connectivity index (χ4v) is 5.96. The predicted molar refractivity (Wildman–Crippen MR) is 169 cm³/mol. The Morgan fingerprint density at radius 2 is 1.77 bits per heavy atom. The van der Waals surface area contributed by atoms with Crippen molar-refractivity contribution in [2.75, 3.05) is 13.6 Å². The summed E-state index contributed by atoms with van der Waals surface area (Å²) in [7, 11) is -0.853. The van der Waals surface area contributed by atoms with E-state index in [4.69, 9.17) is 25.3 Å². The van der Waals surface area contributed by atoms with E-state index < -0.39 is 37.9 Å². The third kappa shape index (κ3) is 7.74. The van der Waals surface area contributed by atoms with Crippen molar-refractivity contribution in [3.8, 4) is 28.4 Å². The number of amides is 1. The summed E-state index contributed by atoms with van der Waals surface area (Å²) in [6.45, 7) is 22.1. The molecule has 9 nitrogen and oxygen atoms in total. The van der Waals surface area contributed by atoms with Crippen molar-refractivity contribution in [2.45, 2.75) is 92.7 Å². The van der Waals surface area contributed by atoms with Gasteiger partial charge in [-0.1, -0.05) is 58.3 Å². The van der Waals surface area contributed by atoms with Gasteiger partial charge in [0.25, 0.3) is 0 Å². The van der Waals surface area contributed by atoms with Crippen LogP contribution in [0.15, 0.2) is 22.7 Å². The highest BCUT2D eigenvalue weighted by Crippen LogP contribution is 2.40. The first-order valence-corrected chi connectivity index (χ1v) is 17.5. The van der Waals surface area contributed by atoms with Gasteiger partial charge in [0.05, 0.1) is 29.1 Å². The van der Waals surface area contributed by atoms with E-state index in [9.17, 15) is 9.90 Å². The van der Waals surface area contributed by atoms with Crippen LogP contribution in [0.4, 0.5) is 9.18 Å². The lowest BCUT2D eigenvalue weighted by Crippen LogP contribution is -2.55. The van der Waals surface area contributed by atoms with Gasteiger partial charge in [-0.15, -0.1) is 0 Å². The summed E-state index contributed by atoms with van der Waals surface area (Å²) < 4.78 is 34.1. The molecular formula is C31H44ClFN4O5Si. The first-order valence-electron chi connectivity index (χ1n) is 14.2. The molecule has 2 heterocycles. The number of aromatic nitrogens is 3. The molecule has 0 aliphatic heterocycles. The molecule has 3 aromatic rings. The summed E-state index contributed by atoms with van der Waals surface area (Å²) >= 11 is 6.52. The van der Waals surface area contributed by atoms with Gasteiger partial charge >= 0.3 is 6.09 Å². The summed E-state index contributed by atoms with van der Waals surface area (Å²) in [6.07, 6.45) is -2.27. The summed E-state index contributed by atoms with van der Waals surface area (Å²) in [6, 6.07) is 4.37. The van der Waals surface area contributed by atoms with Crippen LogP contribution in [0.1, 0.15) is 58.6 Å². The second-order valence-corrected chi connectivity index (χ2v) is 18.8. The Balaban J connectivity index is 2.11. The Kier molecular flexibility index (Phi) is 10.0. The molecule has 2 aromatic heterocycles. The topological polar surface area (TPSA) is 111 Å². The molecule has 1 amide bonds. The molecule has 1 N–H and O–H groups in total. The van der Waals surface area contributed by atoms with Crippen LogP contribution in [0.3, 0.4) is 0 Å². The van der Waals surface area contributed by atoms with Crippen LogP contribution in [-0.4, -0.2) is 65.3 Å². The number of likely N-dealkylation sites (N-methyl/N-ethyl adjacent to an activating group) is 1. The lowest BCUT2D eigenvalue weighted by Gasteiger charge is -2.45. The van der Waals surface area contributed by atoms with Gasteiger partial charge in [0, 0.05) is 18.0 Å². The molecule has 12 heteroatoms. The van der Waals surface area contributed by atoms with Gasteiger partial charge in [-0.05, 0) is 57.1 Å². The zero-order chi connectivity index (χ0) is 32.7. The number of rotatable bonds is 9. The Bertz CT molecular complexity index is 1460. The Labute approximate surface area is 259 Å². The van der Waals surface area contributed by atoms with E-state index in [1.807, 2.05) is 20.8 Å². The summed E-state index contributed by atoms with van der Waals surface area (Å²) in [5, 5.41) is 13.8. The molecular weight excluding hydrogens is 591 g/mol. The summed E-state index contributed by atoms with van der Waals surface area (Å²) in [5.74, 6) is 0.452. The van der Waals surface area contributed by atoms with Crippen LogP contribution in [0, 0.1) is 32.0 Å². The van der Waals surface area contributed by atoms with E-state index in [2.05, 4.69) is 49.0 Å². The molecule has 0 spiro atoms. The second kappa shape index (κ2) is 12.5. The molecule has 3 rings (SSSR count). The van der Waals surface area contributed by atoms with Gasteiger partial charge in [0.2, 0.25) is 0 Å². The van der Waals surface area contributed by atoms with Crippen LogP contribution in [0.5, 0.6) is 5.75 Å². The normalized spacial score (nSPS) is 14.0. The van der Waals surface area contributed by atoms with Crippen molar-refractivity contribution < 1.29 is 28.0 Å². The molecule has 0 saturated heterocycles. The van der Waals surface area contributed by atoms with Crippen LogP contribution < -0.4 is 4.74 Å². The lowest BCUT2D eigenvalue weighted by molar-refractivity contribution is -0.0300. The van der Waals surface area contributed by atoms with Gasteiger partial charge in [0.15, 0.2) is 14.1 Å². The van der Waals surface area contributed by atoms with Crippen molar-refractivity contribution in [3.05, 3.63) is 46.2 Å². The maximum Gasteiger partial charge on any atom is 0.407 e. The number of carboxylic acid groups (broad SMARTS) is 1. The monoisotopic (exact) mass is 634 g/mol. The molecule has 43 heavy (non-hydrogen) atoms. The zero-order valence-corrected chi connectivity index (χ0v) is 29.0. The van der Waals surface area contributed by atoms with Crippen molar-refractivity contribution in [2.24, 2.45) is 5.41 Å². The van der Waals surface area contributed by atoms with Gasteiger partial charge in [-0.25, -0.2) is 19.2 Å². The van der Waals surface area contributed by atoms with Crippen molar-refractivity contribution in [1.29, 1.82) is 0 Å². The van der Waals surface area contributed by atoms with Crippen LogP contribution in [0.25, 0.3) is 22.6 Å². The summed E-state index contributed by atoms with van der Waals surface area (Å²) in [5.41, 5.74) is 2.05. The van der Waals surface area contributed by atoms with Crippen molar-refractivity contribution >= 4 is 26.0 Å². The average Bonchev–Trinajstić information content (AvgIpc) is 3.20. The highest BCUT2D eigenvalue weighted by molar-refractivity contribution is 6.74. The fraction of sp³-hybridized carbons (Fsp3) is 0.548. The molecule has 0 bridgehead atoms.